The van der Waals surface area contributed by atoms with Crippen molar-refractivity contribution in [2.45, 2.75) is 19.8 Å². The molecule has 0 saturated heterocycles. The van der Waals surface area contributed by atoms with Gasteiger partial charge in [0.25, 0.3) is 0 Å². The molecular weight excluding hydrogens is 326 g/mol. The molecule has 3 rings (SSSR count). The Hall–Kier alpha value is -2.76. The fraction of sp³-hybridized carbons (Fsp3) is 0.263. The maximum Gasteiger partial charge on any atom is 0.243 e. The predicted molar refractivity (Wildman–Crippen MR) is 92.0 cm³/mol. The lowest BCUT2D eigenvalue weighted by molar-refractivity contribution is -0.115. The van der Waals surface area contributed by atoms with Crippen LogP contribution in [-0.4, -0.2) is 24.8 Å². The summed E-state index contributed by atoms with van der Waals surface area (Å²) in [6.07, 6.45) is 1.32. The van der Waals surface area contributed by atoms with E-state index in [-0.39, 0.29) is 18.2 Å². The van der Waals surface area contributed by atoms with E-state index in [2.05, 4.69) is 5.32 Å². The van der Waals surface area contributed by atoms with E-state index in [4.69, 9.17) is 0 Å². The third-order valence-corrected chi connectivity index (χ3v) is 4.21. The molecule has 0 atom stereocenters. The number of rotatable bonds is 4. The highest BCUT2D eigenvalue weighted by Gasteiger charge is 2.23. The van der Waals surface area contributed by atoms with Gasteiger partial charge in [-0.25, -0.2) is 8.78 Å². The molecule has 0 unspecified atom stereocenters. The van der Waals surface area contributed by atoms with Crippen molar-refractivity contribution >= 4 is 23.1 Å². The maximum absolute atomic E-state index is 14.1. The van der Waals surface area contributed by atoms with Crippen molar-refractivity contribution < 1.29 is 18.4 Å². The Morgan fingerprint density at radius 1 is 1.16 bits per heavy atom. The number of amides is 1. The molecule has 1 N–H and O–H groups in total. The highest BCUT2D eigenvalue weighted by molar-refractivity contribution is 5.96. The van der Waals surface area contributed by atoms with Gasteiger partial charge in [0.15, 0.2) is 5.78 Å². The second kappa shape index (κ2) is 7.01. The average molecular weight is 344 g/mol. The molecule has 2 aromatic rings. The molecule has 0 spiro atoms. The Labute approximate surface area is 144 Å². The predicted octanol–water partition coefficient (Wildman–Crippen LogP) is 3.56. The molecule has 4 nitrogen and oxygen atoms in total. The first kappa shape index (κ1) is 17.1. The van der Waals surface area contributed by atoms with Crippen LogP contribution in [0.3, 0.4) is 0 Å². The van der Waals surface area contributed by atoms with Gasteiger partial charge in [-0.15, -0.1) is 0 Å². The normalized spacial score (nSPS) is 13.3. The summed E-state index contributed by atoms with van der Waals surface area (Å²) in [7, 11) is 0. The van der Waals surface area contributed by atoms with Crippen LogP contribution in [0.4, 0.5) is 20.2 Å². The van der Waals surface area contributed by atoms with Gasteiger partial charge in [0.1, 0.15) is 11.6 Å². The number of aryl methyl sites for hydroxylation is 1. The second-order valence-corrected chi connectivity index (χ2v) is 6.10. The van der Waals surface area contributed by atoms with Crippen LogP contribution in [0.2, 0.25) is 0 Å². The van der Waals surface area contributed by atoms with Crippen molar-refractivity contribution in [3.63, 3.8) is 0 Å². The number of benzene rings is 2. The number of nitrogens with one attached hydrogen (secondary N) is 1. The molecule has 1 aliphatic rings. The molecule has 1 aliphatic heterocycles. The Morgan fingerprint density at radius 2 is 1.88 bits per heavy atom. The van der Waals surface area contributed by atoms with E-state index >= 15 is 0 Å². The van der Waals surface area contributed by atoms with Crippen LogP contribution in [0, 0.1) is 11.6 Å². The molecule has 2 aromatic carbocycles. The van der Waals surface area contributed by atoms with Crippen LogP contribution in [0.25, 0.3) is 0 Å². The van der Waals surface area contributed by atoms with Crippen LogP contribution < -0.4 is 10.2 Å². The number of Topliss-reactive ketones (excluding diaryl/α,β-unsaturated/α-hetero) is 1. The van der Waals surface area contributed by atoms with Gasteiger partial charge in [0.2, 0.25) is 5.91 Å². The van der Waals surface area contributed by atoms with E-state index in [9.17, 15) is 18.4 Å². The highest BCUT2D eigenvalue weighted by Crippen LogP contribution is 2.30. The van der Waals surface area contributed by atoms with Gasteiger partial charge in [0.05, 0.1) is 12.2 Å². The molecular formula is C19H18F2N2O2. The van der Waals surface area contributed by atoms with Crippen molar-refractivity contribution in [2.75, 3.05) is 23.3 Å². The van der Waals surface area contributed by atoms with E-state index in [1.807, 2.05) is 0 Å². The molecule has 0 radical (unpaired) electrons. The number of fused-ring (bicyclic) bond motifs is 1. The van der Waals surface area contributed by atoms with Gasteiger partial charge in [-0.1, -0.05) is 0 Å². The average Bonchev–Trinajstić information content (AvgIpc) is 2.54. The van der Waals surface area contributed by atoms with Crippen LogP contribution in [0.15, 0.2) is 36.4 Å². The van der Waals surface area contributed by atoms with Crippen molar-refractivity contribution in [3.8, 4) is 0 Å². The Balaban J connectivity index is 1.71. The first-order valence-corrected chi connectivity index (χ1v) is 8.08. The lowest BCUT2D eigenvalue weighted by Crippen LogP contribution is -2.37. The van der Waals surface area contributed by atoms with Crippen LogP contribution in [0.1, 0.15) is 29.3 Å². The van der Waals surface area contributed by atoms with Gasteiger partial charge in [0, 0.05) is 23.9 Å². The van der Waals surface area contributed by atoms with Gasteiger partial charge in [-0.3, -0.25) is 9.59 Å². The van der Waals surface area contributed by atoms with E-state index in [1.165, 1.54) is 13.0 Å². The molecule has 6 heteroatoms. The zero-order valence-electron chi connectivity index (χ0n) is 13.8. The zero-order chi connectivity index (χ0) is 18.0. The van der Waals surface area contributed by atoms with Gasteiger partial charge < -0.3 is 10.2 Å². The first-order valence-electron chi connectivity index (χ1n) is 8.08. The zero-order valence-corrected chi connectivity index (χ0v) is 13.8. The molecule has 0 bridgehead atoms. The maximum atomic E-state index is 14.1. The fourth-order valence-corrected chi connectivity index (χ4v) is 3.06. The second-order valence-electron chi connectivity index (χ2n) is 6.10. The summed E-state index contributed by atoms with van der Waals surface area (Å²) in [6, 6.07) is 8.73. The smallest absolute Gasteiger partial charge is 0.243 e. The number of hydrogen-bond acceptors (Lipinski definition) is 3. The van der Waals surface area contributed by atoms with E-state index in [0.717, 1.165) is 12.5 Å². The number of ketones is 1. The Morgan fingerprint density at radius 3 is 2.56 bits per heavy atom. The Kier molecular flexibility index (Phi) is 4.79. The first-order chi connectivity index (χ1) is 11.9. The summed E-state index contributed by atoms with van der Waals surface area (Å²) in [4.78, 5) is 25.2. The van der Waals surface area contributed by atoms with Gasteiger partial charge in [-0.2, -0.15) is 0 Å². The lowest BCUT2D eigenvalue weighted by atomic mass is 10.0. The van der Waals surface area contributed by atoms with Crippen LogP contribution in [-0.2, 0) is 11.2 Å². The van der Waals surface area contributed by atoms with E-state index in [0.29, 0.717) is 35.5 Å². The monoisotopic (exact) mass is 344 g/mol. The van der Waals surface area contributed by atoms with Gasteiger partial charge in [-0.05, 0) is 55.7 Å². The standard InChI is InChI=1S/C19H18F2N2O2/c1-12(24)13-4-6-16(7-5-13)22-18(25)11-23-8-2-3-14-9-15(20)10-17(21)19(14)23/h4-7,9-10H,2-3,8,11H2,1H3,(H,22,25). The third-order valence-electron chi connectivity index (χ3n) is 4.21. The molecule has 25 heavy (non-hydrogen) atoms. The van der Waals surface area contributed by atoms with Crippen molar-refractivity contribution in [2.24, 2.45) is 0 Å². The third kappa shape index (κ3) is 3.84. The van der Waals surface area contributed by atoms with Crippen molar-refractivity contribution in [1.29, 1.82) is 0 Å². The van der Waals surface area contributed by atoms with E-state index < -0.39 is 11.6 Å². The van der Waals surface area contributed by atoms with Crippen LogP contribution in [0.5, 0.6) is 0 Å². The van der Waals surface area contributed by atoms with Crippen molar-refractivity contribution in [3.05, 3.63) is 59.2 Å². The highest BCUT2D eigenvalue weighted by atomic mass is 19.1. The number of halogens is 2. The molecule has 0 saturated carbocycles. The lowest BCUT2D eigenvalue weighted by Gasteiger charge is -2.31. The molecule has 0 aliphatic carbocycles. The minimum Gasteiger partial charge on any atom is -0.360 e. The number of hydrogen-bond donors (Lipinski definition) is 1. The molecule has 0 fully saturated rings. The number of nitrogens with zero attached hydrogens (tertiary/aromatic N) is 1. The summed E-state index contributed by atoms with van der Waals surface area (Å²) in [5, 5.41) is 2.73. The quantitative estimate of drug-likeness (QED) is 0.863. The largest absolute Gasteiger partial charge is 0.360 e. The summed E-state index contributed by atoms with van der Waals surface area (Å²) >= 11 is 0. The van der Waals surface area contributed by atoms with Crippen molar-refractivity contribution in [1.82, 2.24) is 0 Å². The summed E-state index contributed by atoms with van der Waals surface area (Å²) in [6.45, 7) is 1.98. The minimum atomic E-state index is -0.645. The fourth-order valence-electron chi connectivity index (χ4n) is 3.06. The number of anilines is 2. The topological polar surface area (TPSA) is 49.4 Å². The number of carbonyl (C=O) groups is 2. The molecule has 1 heterocycles. The molecule has 1 amide bonds. The minimum absolute atomic E-state index is 0.0238. The SMILES string of the molecule is CC(=O)c1ccc(NC(=O)CN2CCCc3cc(F)cc(F)c32)cc1. The number of carbonyl (C=O) groups excluding carboxylic acids is 2. The van der Waals surface area contributed by atoms with E-state index in [1.54, 1.807) is 29.2 Å². The summed E-state index contributed by atoms with van der Waals surface area (Å²) in [5.74, 6) is -1.60. The van der Waals surface area contributed by atoms with Crippen LogP contribution >= 0.6 is 0 Å². The molecule has 130 valence electrons. The molecule has 0 aromatic heterocycles. The summed E-state index contributed by atoms with van der Waals surface area (Å²) in [5.41, 5.74) is 2.01. The Bertz CT molecular complexity index is 819. The summed E-state index contributed by atoms with van der Waals surface area (Å²) < 4.78 is 27.5. The van der Waals surface area contributed by atoms with Gasteiger partial charge >= 0.3 is 0 Å².